The summed E-state index contributed by atoms with van der Waals surface area (Å²) >= 11 is 0. The van der Waals surface area contributed by atoms with E-state index in [0.29, 0.717) is 26.1 Å². The summed E-state index contributed by atoms with van der Waals surface area (Å²) in [5.41, 5.74) is 1.19. The van der Waals surface area contributed by atoms with E-state index < -0.39 is 0 Å². The van der Waals surface area contributed by atoms with Crippen LogP contribution >= 0.6 is 0 Å². The van der Waals surface area contributed by atoms with E-state index in [4.69, 9.17) is 4.42 Å². The Balaban J connectivity index is 2.07. The van der Waals surface area contributed by atoms with Gasteiger partial charge < -0.3 is 14.2 Å². The van der Waals surface area contributed by atoms with Gasteiger partial charge in [0.25, 0.3) is 0 Å². The van der Waals surface area contributed by atoms with Gasteiger partial charge in [-0.15, -0.1) is 0 Å². The molecule has 0 atom stereocenters. The maximum atomic E-state index is 13.1. The maximum absolute atomic E-state index is 13.1. The molecule has 0 radical (unpaired) electrons. The lowest BCUT2D eigenvalue weighted by atomic mass is 10.1. The van der Waals surface area contributed by atoms with Crippen LogP contribution in [0.3, 0.4) is 0 Å². The van der Waals surface area contributed by atoms with E-state index in [1.165, 1.54) is 5.56 Å². The minimum Gasteiger partial charge on any atom is -0.464 e. The number of hydrogen-bond acceptors (Lipinski definition) is 3. The van der Waals surface area contributed by atoms with E-state index in [9.17, 15) is 9.59 Å². The van der Waals surface area contributed by atoms with Crippen LogP contribution in [-0.2, 0) is 22.6 Å². The zero-order valence-corrected chi connectivity index (χ0v) is 18.0. The molecule has 0 fully saturated rings. The Morgan fingerprint density at radius 3 is 2.28 bits per heavy atom. The van der Waals surface area contributed by atoms with E-state index in [1.54, 1.807) is 9.80 Å². The quantitative estimate of drug-likeness (QED) is 0.525. The van der Waals surface area contributed by atoms with Crippen LogP contribution in [0, 0.1) is 6.92 Å². The van der Waals surface area contributed by atoms with Crippen molar-refractivity contribution in [3.63, 3.8) is 0 Å². The third-order valence-electron chi connectivity index (χ3n) is 4.93. The van der Waals surface area contributed by atoms with Crippen molar-refractivity contribution in [2.24, 2.45) is 0 Å². The highest BCUT2D eigenvalue weighted by Gasteiger charge is 2.21. The second kappa shape index (κ2) is 12.1. The Bertz CT molecular complexity index is 754. The molecule has 0 bridgehead atoms. The molecule has 1 heterocycles. The number of nitrogens with zero attached hydrogens (tertiary/aromatic N) is 2. The van der Waals surface area contributed by atoms with Gasteiger partial charge in [-0.3, -0.25) is 9.59 Å². The summed E-state index contributed by atoms with van der Waals surface area (Å²) in [7, 11) is 0. The summed E-state index contributed by atoms with van der Waals surface area (Å²) in [6.45, 7) is 7.75. The van der Waals surface area contributed by atoms with Gasteiger partial charge in [0.1, 0.15) is 11.5 Å². The first-order chi connectivity index (χ1) is 14.0. The predicted molar refractivity (Wildman–Crippen MR) is 115 cm³/mol. The number of carbonyl (C=O) groups excluding carboxylic acids is 2. The smallest absolute Gasteiger partial charge is 0.242 e. The molecular weight excluding hydrogens is 364 g/mol. The molecule has 2 aromatic rings. The molecule has 1 aromatic carbocycles. The molecule has 0 saturated carbocycles. The Labute approximate surface area is 174 Å². The van der Waals surface area contributed by atoms with Gasteiger partial charge in [-0.1, -0.05) is 50.6 Å². The number of aryl methyl sites for hydroxylation is 1. The topological polar surface area (TPSA) is 53.8 Å². The Kier molecular flexibility index (Phi) is 9.48. The van der Waals surface area contributed by atoms with Crippen LogP contribution in [0.1, 0.15) is 56.6 Å². The van der Waals surface area contributed by atoms with Crippen molar-refractivity contribution >= 4 is 11.8 Å². The van der Waals surface area contributed by atoms with Crippen molar-refractivity contribution in [2.75, 3.05) is 19.6 Å². The Hall–Kier alpha value is -2.56. The van der Waals surface area contributed by atoms with Crippen LogP contribution in [0.25, 0.3) is 0 Å². The summed E-state index contributed by atoms with van der Waals surface area (Å²) in [6.07, 6.45) is 3.94. The Morgan fingerprint density at radius 1 is 0.897 bits per heavy atom. The largest absolute Gasteiger partial charge is 0.464 e. The third kappa shape index (κ3) is 7.76. The molecule has 158 valence electrons. The molecule has 2 rings (SSSR count). The number of amides is 2. The minimum atomic E-state index is -0.0340. The first-order valence-corrected chi connectivity index (χ1v) is 10.7. The second-order valence-electron chi connectivity index (χ2n) is 7.48. The van der Waals surface area contributed by atoms with Gasteiger partial charge in [0.05, 0.1) is 13.1 Å². The van der Waals surface area contributed by atoms with Crippen molar-refractivity contribution in [3.05, 3.63) is 59.5 Å². The van der Waals surface area contributed by atoms with Crippen LogP contribution in [-0.4, -0.2) is 41.2 Å². The molecule has 29 heavy (non-hydrogen) atoms. The van der Waals surface area contributed by atoms with Crippen LogP contribution in [0.15, 0.2) is 46.9 Å². The van der Waals surface area contributed by atoms with E-state index in [1.807, 2.05) is 44.2 Å². The van der Waals surface area contributed by atoms with Crippen LogP contribution < -0.4 is 0 Å². The standard InChI is InChI=1S/C24H34N2O3/c1-4-6-12-23(27)25(16-5-2)19-24(28)26(18-22-14-13-20(3)29-22)17-15-21-10-8-7-9-11-21/h7-11,13-14H,4-6,12,15-19H2,1-3H3. The van der Waals surface area contributed by atoms with Gasteiger partial charge in [-0.2, -0.15) is 0 Å². The first-order valence-electron chi connectivity index (χ1n) is 10.7. The van der Waals surface area contributed by atoms with Crippen molar-refractivity contribution in [1.29, 1.82) is 0 Å². The minimum absolute atomic E-state index is 0.0340. The predicted octanol–water partition coefficient (Wildman–Crippen LogP) is 4.59. The number of rotatable bonds is 12. The van der Waals surface area contributed by atoms with Gasteiger partial charge in [-0.05, 0) is 43.9 Å². The summed E-state index contributed by atoms with van der Waals surface area (Å²) in [5.74, 6) is 1.63. The summed E-state index contributed by atoms with van der Waals surface area (Å²) in [6, 6.07) is 14.0. The number of benzene rings is 1. The fourth-order valence-corrected chi connectivity index (χ4v) is 3.27. The summed E-state index contributed by atoms with van der Waals surface area (Å²) in [5, 5.41) is 0. The molecule has 0 unspecified atom stereocenters. The van der Waals surface area contributed by atoms with Crippen LogP contribution in [0.2, 0.25) is 0 Å². The highest BCUT2D eigenvalue weighted by molar-refractivity contribution is 5.84. The molecule has 0 aliphatic carbocycles. The lowest BCUT2D eigenvalue weighted by Crippen LogP contribution is -2.43. The molecular formula is C24H34N2O3. The molecule has 1 aromatic heterocycles. The molecule has 0 saturated heterocycles. The number of carbonyl (C=O) groups is 2. The molecule has 5 nitrogen and oxygen atoms in total. The monoisotopic (exact) mass is 398 g/mol. The summed E-state index contributed by atoms with van der Waals surface area (Å²) < 4.78 is 5.69. The SMILES string of the molecule is CCCCC(=O)N(CCC)CC(=O)N(CCc1ccccc1)Cc1ccc(C)o1. The number of furan rings is 1. The first kappa shape index (κ1) is 22.7. The van der Waals surface area contributed by atoms with Gasteiger partial charge in [-0.25, -0.2) is 0 Å². The molecule has 0 spiro atoms. The molecule has 0 N–H and O–H groups in total. The fourth-order valence-electron chi connectivity index (χ4n) is 3.27. The van der Waals surface area contributed by atoms with Crippen molar-refractivity contribution in [3.8, 4) is 0 Å². The molecule has 5 heteroatoms. The van der Waals surface area contributed by atoms with Gasteiger partial charge in [0, 0.05) is 19.5 Å². The zero-order valence-electron chi connectivity index (χ0n) is 18.0. The van der Waals surface area contributed by atoms with Crippen LogP contribution in [0.4, 0.5) is 0 Å². The molecule has 0 aliphatic rings. The summed E-state index contributed by atoms with van der Waals surface area (Å²) in [4.78, 5) is 29.2. The van der Waals surface area contributed by atoms with Crippen molar-refractivity contribution < 1.29 is 14.0 Å². The lowest BCUT2D eigenvalue weighted by Gasteiger charge is -2.27. The highest BCUT2D eigenvalue weighted by Crippen LogP contribution is 2.12. The van der Waals surface area contributed by atoms with E-state index >= 15 is 0 Å². The number of hydrogen-bond donors (Lipinski definition) is 0. The molecule has 0 aliphatic heterocycles. The van der Waals surface area contributed by atoms with Gasteiger partial charge >= 0.3 is 0 Å². The second-order valence-corrected chi connectivity index (χ2v) is 7.48. The van der Waals surface area contributed by atoms with E-state index in [2.05, 4.69) is 19.1 Å². The normalized spacial score (nSPS) is 10.7. The van der Waals surface area contributed by atoms with Crippen molar-refractivity contribution in [2.45, 2.75) is 59.4 Å². The molecule has 2 amide bonds. The fraction of sp³-hybridized carbons (Fsp3) is 0.500. The van der Waals surface area contributed by atoms with Gasteiger partial charge in [0.15, 0.2) is 0 Å². The van der Waals surface area contributed by atoms with E-state index in [-0.39, 0.29) is 18.4 Å². The Morgan fingerprint density at radius 2 is 1.66 bits per heavy atom. The van der Waals surface area contributed by atoms with Crippen molar-refractivity contribution in [1.82, 2.24) is 9.80 Å². The maximum Gasteiger partial charge on any atom is 0.242 e. The zero-order chi connectivity index (χ0) is 21.1. The third-order valence-corrected chi connectivity index (χ3v) is 4.93. The van der Waals surface area contributed by atoms with E-state index in [0.717, 1.165) is 37.2 Å². The van der Waals surface area contributed by atoms with Gasteiger partial charge in [0.2, 0.25) is 11.8 Å². The van der Waals surface area contributed by atoms with Crippen LogP contribution in [0.5, 0.6) is 0 Å². The lowest BCUT2D eigenvalue weighted by molar-refractivity contribution is -0.141. The average Bonchev–Trinajstić information content (AvgIpc) is 3.14. The average molecular weight is 399 g/mol. The highest BCUT2D eigenvalue weighted by atomic mass is 16.3. The number of unbranched alkanes of at least 4 members (excludes halogenated alkanes) is 1.